The molecule has 0 heterocycles. The van der Waals surface area contributed by atoms with Gasteiger partial charge < -0.3 is 0 Å². The van der Waals surface area contributed by atoms with E-state index in [1.54, 1.807) is 13.0 Å². The van der Waals surface area contributed by atoms with E-state index in [-0.39, 0.29) is 6.42 Å². The van der Waals surface area contributed by atoms with Crippen LogP contribution in [-0.2, 0) is 0 Å². The topological polar surface area (TPSA) is 0 Å². The van der Waals surface area contributed by atoms with Crippen LogP contribution in [0, 0.1) is 0 Å². The monoisotopic (exact) mass is 146 g/mol. The van der Waals surface area contributed by atoms with Gasteiger partial charge in [-0.25, -0.2) is 8.78 Å². The van der Waals surface area contributed by atoms with Gasteiger partial charge in [-0.15, -0.1) is 0 Å². The summed E-state index contributed by atoms with van der Waals surface area (Å²) in [5, 5.41) is 0. The Hall–Kier alpha value is -0.400. The molecule has 0 nitrogen and oxygen atoms in total. The first-order chi connectivity index (χ1) is 4.67. The summed E-state index contributed by atoms with van der Waals surface area (Å²) in [6.07, 6.45) is 3.79. The molecule has 0 atom stereocenters. The van der Waals surface area contributed by atoms with Crippen LogP contribution < -0.4 is 0 Å². The average molecular weight is 146 g/mol. The van der Waals surface area contributed by atoms with Crippen molar-refractivity contribution in [1.29, 1.82) is 0 Å². The third-order valence-electron chi connectivity index (χ3n) is 2.01. The van der Waals surface area contributed by atoms with Crippen LogP contribution in [0.4, 0.5) is 8.78 Å². The highest BCUT2D eigenvalue weighted by atomic mass is 19.3. The third kappa shape index (κ3) is 1.36. The summed E-state index contributed by atoms with van der Waals surface area (Å²) in [6.45, 7) is 1.69. The van der Waals surface area contributed by atoms with Gasteiger partial charge in [-0.05, 0) is 31.8 Å². The Bertz CT molecular complexity index is 147. The van der Waals surface area contributed by atoms with Gasteiger partial charge in [0, 0.05) is 6.42 Å². The summed E-state index contributed by atoms with van der Waals surface area (Å²) >= 11 is 0. The molecule has 58 valence electrons. The molecule has 0 aromatic heterocycles. The molecule has 0 N–H and O–H groups in total. The Balaban J connectivity index is 2.70. The maximum atomic E-state index is 12.8. The standard InChI is InChI=1S/C8H12F2/c1-2-7-5-3-4-6-8(7,9)10/h2H,3-6H2,1H3/b7-2-. The molecule has 0 aliphatic heterocycles. The number of hydrogen-bond donors (Lipinski definition) is 0. The van der Waals surface area contributed by atoms with Crippen LogP contribution in [0.25, 0.3) is 0 Å². The molecule has 1 rings (SSSR count). The maximum Gasteiger partial charge on any atom is 0.269 e. The van der Waals surface area contributed by atoms with Crippen LogP contribution in [0.5, 0.6) is 0 Å². The van der Waals surface area contributed by atoms with E-state index in [4.69, 9.17) is 0 Å². The van der Waals surface area contributed by atoms with E-state index in [9.17, 15) is 8.78 Å². The first-order valence-electron chi connectivity index (χ1n) is 3.70. The van der Waals surface area contributed by atoms with Gasteiger partial charge in [0.25, 0.3) is 5.92 Å². The molecule has 0 amide bonds. The van der Waals surface area contributed by atoms with Crippen LogP contribution in [0.1, 0.15) is 32.6 Å². The highest BCUT2D eigenvalue weighted by Gasteiger charge is 2.35. The number of alkyl halides is 2. The van der Waals surface area contributed by atoms with Crippen molar-refractivity contribution in [1.82, 2.24) is 0 Å². The Morgan fingerprint density at radius 1 is 1.40 bits per heavy atom. The van der Waals surface area contributed by atoms with Crippen LogP contribution >= 0.6 is 0 Å². The third-order valence-corrected chi connectivity index (χ3v) is 2.01. The molecule has 0 aromatic rings. The lowest BCUT2D eigenvalue weighted by Crippen LogP contribution is -2.22. The highest BCUT2D eigenvalue weighted by Crippen LogP contribution is 2.37. The lowest BCUT2D eigenvalue weighted by atomic mass is 9.91. The zero-order chi connectivity index (χ0) is 7.61. The Morgan fingerprint density at radius 3 is 2.50 bits per heavy atom. The molecule has 0 aromatic carbocycles. The summed E-state index contributed by atoms with van der Waals surface area (Å²) < 4.78 is 25.6. The molecule has 10 heavy (non-hydrogen) atoms. The molecular weight excluding hydrogens is 134 g/mol. The quantitative estimate of drug-likeness (QED) is 0.460. The smallest absolute Gasteiger partial charge is 0.202 e. The number of rotatable bonds is 0. The van der Waals surface area contributed by atoms with E-state index >= 15 is 0 Å². The van der Waals surface area contributed by atoms with E-state index in [0.717, 1.165) is 6.42 Å². The Kier molecular flexibility index (Phi) is 2.07. The molecule has 0 unspecified atom stereocenters. The van der Waals surface area contributed by atoms with Gasteiger partial charge in [-0.3, -0.25) is 0 Å². The lowest BCUT2D eigenvalue weighted by Gasteiger charge is -2.24. The summed E-state index contributed by atoms with van der Waals surface area (Å²) in [7, 11) is 0. The van der Waals surface area contributed by atoms with Gasteiger partial charge in [0.2, 0.25) is 0 Å². The van der Waals surface area contributed by atoms with Gasteiger partial charge in [0.05, 0.1) is 0 Å². The summed E-state index contributed by atoms with van der Waals surface area (Å²) in [6, 6.07) is 0. The van der Waals surface area contributed by atoms with Crippen molar-refractivity contribution in [3.8, 4) is 0 Å². The van der Waals surface area contributed by atoms with Gasteiger partial charge in [-0.1, -0.05) is 6.08 Å². The Morgan fingerprint density at radius 2 is 2.10 bits per heavy atom. The van der Waals surface area contributed by atoms with Gasteiger partial charge in [0.15, 0.2) is 0 Å². The van der Waals surface area contributed by atoms with Crippen molar-refractivity contribution in [2.75, 3.05) is 0 Å². The molecular formula is C8H12F2. The second kappa shape index (κ2) is 2.69. The first-order valence-corrected chi connectivity index (χ1v) is 3.70. The Labute approximate surface area is 59.9 Å². The molecule has 1 fully saturated rings. The molecule has 1 aliphatic carbocycles. The highest BCUT2D eigenvalue weighted by molar-refractivity contribution is 5.13. The fraction of sp³-hybridized carbons (Fsp3) is 0.750. The molecule has 0 spiro atoms. The summed E-state index contributed by atoms with van der Waals surface area (Å²) in [5.74, 6) is -2.49. The minimum atomic E-state index is -2.49. The van der Waals surface area contributed by atoms with Crippen LogP contribution in [0.2, 0.25) is 0 Å². The van der Waals surface area contributed by atoms with Crippen LogP contribution in [0.3, 0.4) is 0 Å². The van der Waals surface area contributed by atoms with Crippen molar-refractivity contribution in [3.63, 3.8) is 0 Å². The number of halogens is 2. The fourth-order valence-electron chi connectivity index (χ4n) is 1.36. The minimum Gasteiger partial charge on any atom is -0.202 e. The molecule has 2 heteroatoms. The maximum absolute atomic E-state index is 12.8. The van der Waals surface area contributed by atoms with Crippen LogP contribution in [0.15, 0.2) is 11.6 Å². The normalized spacial score (nSPS) is 28.9. The predicted molar refractivity (Wildman–Crippen MR) is 37.2 cm³/mol. The second-order valence-electron chi connectivity index (χ2n) is 2.73. The van der Waals surface area contributed by atoms with Crippen molar-refractivity contribution in [3.05, 3.63) is 11.6 Å². The SMILES string of the molecule is C/C=C1/CCCCC1(F)F. The summed E-state index contributed by atoms with van der Waals surface area (Å²) in [4.78, 5) is 0. The van der Waals surface area contributed by atoms with Gasteiger partial charge >= 0.3 is 0 Å². The van der Waals surface area contributed by atoms with Crippen molar-refractivity contribution in [2.45, 2.75) is 38.5 Å². The zero-order valence-corrected chi connectivity index (χ0v) is 6.16. The van der Waals surface area contributed by atoms with E-state index in [2.05, 4.69) is 0 Å². The van der Waals surface area contributed by atoms with E-state index in [0.29, 0.717) is 18.4 Å². The van der Waals surface area contributed by atoms with Gasteiger partial charge in [-0.2, -0.15) is 0 Å². The number of hydrogen-bond acceptors (Lipinski definition) is 0. The number of allylic oxidation sites excluding steroid dienone is 2. The second-order valence-corrected chi connectivity index (χ2v) is 2.73. The molecule has 0 bridgehead atoms. The van der Waals surface area contributed by atoms with Crippen molar-refractivity contribution < 1.29 is 8.78 Å². The fourth-order valence-corrected chi connectivity index (χ4v) is 1.36. The first kappa shape index (κ1) is 7.70. The van der Waals surface area contributed by atoms with E-state index in [1.165, 1.54) is 0 Å². The molecule has 1 saturated carbocycles. The van der Waals surface area contributed by atoms with Crippen molar-refractivity contribution >= 4 is 0 Å². The molecule has 1 aliphatic rings. The average Bonchev–Trinajstić information content (AvgIpc) is 1.87. The van der Waals surface area contributed by atoms with Crippen molar-refractivity contribution in [2.24, 2.45) is 0 Å². The largest absolute Gasteiger partial charge is 0.269 e. The molecule has 0 saturated heterocycles. The molecule has 0 radical (unpaired) electrons. The predicted octanol–water partition coefficient (Wildman–Crippen LogP) is 3.14. The minimum absolute atomic E-state index is 0.0483. The van der Waals surface area contributed by atoms with E-state index in [1.807, 2.05) is 0 Å². The zero-order valence-electron chi connectivity index (χ0n) is 6.16. The lowest BCUT2D eigenvalue weighted by molar-refractivity contribution is 0.0152. The van der Waals surface area contributed by atoms with Gasteiger partial charge in [0.1, 0.15) is 0 Å². The van der Waals surface area contributed by atoms with Crippen LogP contribution in [-0.4, -0.2) is 5.92 Å². The summed E-state index contributed by atoms with van der Waals surface area (Å²) in [5.41, 5.74) is 0.332. The van der Waals surface area contributed by atoms with E-state index < -0.39 is 5.92 Å².